The van der Waals surface area contributed by atoms with Gasteiger partial charge in [-0.15, -0.1) is 0 Å². The first-order valence-electron chi connectivity index (χ1n) is 6.25. The van der Waals surface area contributed by atoms with E-state index in [0.29, 0.717) is 18.8 Å². The van der Waals surface area contributed by atoms with Crippen molar-refractivity contribution >= 4 is 5.91 Å². The molecule has 0 aliphatic carbocycles. The molecule has 0 spiro atoms. The number of carbonyl (C=O) groups is 1. The quantitative estimate of drug-likeness (QED) is 0.801. The number of ether oxygens (including phenoxy) is 1. The van der Waals surface area contributed by atoms with E-state index in [1.54, 1.807) is 4.90 Å². The zero-order chi connectivity index (χ0) is 13.4. The summed E-state index contributed by atoms with van der Waals surface area (Å²) >= 11 is 0. The van der Waals surface area contributed by atoms with Crippen LogP contribution in [0.4, 0.5) is 0 Å². The highest BCUT2D eigenvalue weighted by molar-refractivity contribution is 5.77. The Balaban J connectivity index is 2.48. The van der Waals surface area contributed by atoms with Crippen LogP contribution in [0.2, 0.25) is 0 Å². The number of nitrogens with zero attached hydrogens (tertiary/aromatic N) is 1. The minimum absolute atomic E-state index is 0.0173. The first-order chi connectivity index (χ1) is 8.67. The fourth-order valence-corrected chi connectivity index (χ4v) is 1.69. The number of aryl methyl sites for hydroxylation is 1. The lowest BCUT2D eigenvalue weighted by Crippen LogP contribution is -2.37. The molecule has 0 bridgehead atoms. The molecule has 4 heteroatoms. The second-order valence-corrected chi connectivity index (χ2v) is 4.21. The van der Waals surface area contributed by atoms with Crippen LogP contribution in [0.15, 0.2) is 24.3 Å². The predicted octanol–water partition coefficient (Wildman–Crippen LogP) is 1.60. The lowest BCUT2D eigenvalue weighted by atomic mass is 10.2. The third-order valence-corrected chi connectivity index (χ3v) is 2.57. The number of aliphatic hydroxyl groups is 1. The van der Waals surface area contributed by atoms with Gasteiger partial charge < -0.3 is 14.7 Å². The monoisotopic (exact) mass is 251 g/mol. The smallest absolute Gasteiger partial charge is 0.260 e. The van der Waals surface area contributed by atoms with Crippen LogP contribution in [-0.2, 0) is 4.79 Å². The topological polar surface area (TPSA) is 49.8 Å². The molecule has 0 unspecified atom stereocenters. The Kier molecular flexibility index (Phi) is 6.22. The van der Waals surface area contributed by atoms with E-state index in [0.717, 1.165) is 12.0 Å². The van der Waals surface area contributed by atoms with E-state index in [9.17, 15) is 4.79 Å². The van der Waals surface area contributed by atoms with Crippen LogP contribution < -0.4 is 4.74 Å². The Labute approximate surface area is 108 Å². The maximum absolute atomic E-state index is 11.9. The summed E-state index contributed by atoms with van der Waals surface area (Å²) in [5, 5.41) is 8.90. The summed E-state index contributed by atoms with van der Waals surface area (Å²) in [6.07, 6.45) is 0.871. The minimum Gasteiger partial charge on any atom is -0.484 e. The maximum atomic E-state index is 11.9. The fraction of sp³-hybridized carbons (Fsp3) is 0.500. The van der Waals surface area contributed by atoms with E-state index < -0.39 is 0 Å². The number of amides is 1. The molecule has 0 heterocycles. The summed E-state index contributed by atoms with van der Waals surface area (Å²) in [4.78, 5) is 13.5. The van der Waals surface area contributed by atoms with Gasteiger partial charge in [0.05, 0.1) is 6.61 Å². The Morgan fingerprint density at radius 3 is 2.78 bits per heavy atom. The molecule has 0 atom stereocenters. The van der Waals surface area contributed by atoms with Crippen molar-refractivity contribution in [2.24, 2.45) is 0 Å². The van der Waals surface area contributed by atoms with Crippen molar-refractivity contribution in [1.29, 1.82) is 0 Å². The van der Waals surface area contributed by atoms with Crippen molar-refractivity contribution in [3.05, 3.63) is 29.8 Å². The number of carbonyl (C=O) groups excluding carboxylic acids is 1. The third-order valence-electron chi connectivity index (χ3n) is 2.57. The molecule has 1 amide bonds. The molecular formula is C14H21NO3. The SMILES string of the molecule is CCCN(CCO)C(=O)COc1cccc(C)c1. The maximum Gasteiger partial charge on any atom is 0.260 e. The molecule has 1 rings (SSSR count). The van der Waals surface area contributed by atoms with Gasteiger partial charge in [-0.05, 0) is 31.0 Å². The Bertz CT molecular complexity index is 373. The van der Waals surface area contributed by atoms with Crippen LogP contribution in [0.3, 0.4) is 0 Å². The van der Waals surface area contributed by atoms with E-state index in [1.807, 2.05) is 38.1 Å². The summed E-state index contributed by atoms with van der Waals surface area (Å²) < 4.78 is 5.45. The highest BCUT2D eigenvalue weighted by Gasteiger charge is 2.12. The summed E-state index contributed by atoms with van der Waals surface area (Å²) in [5.41, 5.74) is 1.10. The molecule has 100 valence electrons. The molecule has 1 aromatic rings. The van der Waals surface area contributed by atoms with Crippen molar-refractivity contribution in [2.45, 2.75) is 20.3 Å². The van der Waals surface area contributed by atoms with Gasteiger partial charge >= 0.3 is 0 Å². The lowest BCUT2D eigenvalue weighted by Gasteiger charge is -2.21. The van der Waals surface area contributed by atoms with E-state index in [-0.39, 0.29) is 19.1 Å². The summed E-state index contributed by atoms with van der Waals surface area (Å²) in [6, 6.07) is 7.59. The first-order valence-corrected chi connectivity index (χ1v) is 6.25. The molecule has 0 aromatic heterocycles. The summed E-state index contributed by atoms with van der Waals surface area (Å²) in [6.45, 7) is 4.99. The van der Waals surface area contributed by atoms with Crippen LogP contribution in [0, 0.1) is 6.92 Å². The van der Waals surface area contributed by atoms with Crippen LogP contribution in [0.25, 0.3) is 0 Å². The average Bonchev–Trinajstić information content (AvgIpc) is 2.36. The fourth-order valence-electron chi connectivity index (χ4n) is 1.69. The van der Waals surface area contributed by atoms with Crippen LogP contribution in [0.5, 0.6) is 5.75 Å². The number of aliphatic hydroxyl groups excluding tert-OH is 1. The van der Waals surface area contributed by atoms with E-state index in [2.05, 4.69) is 0 Å². The number of hydrogen-bond donors (Lipinski definition) is 1. The van der Waals surface area contributed by atoms with Gasteiger partial charge in [0.2, 0.25) is 0 Å². The second kappa shape index (κ2) is 7.71. The average molecular weight is 251 g/mol. The minimum atomic E-state index is -0.0904. The molecule has 4 nitrogen and oxygen atoms in total. The van der Waals surface area contributed by atoms with Crippen molar-refractivity contribution in [3.8, 4) is 5.75 Å². The van der Waals surface area contributed by atoms with Gasteiger partial charge in [0.1, 0.15) is 5.75 Å². The number of hydrogen-bond acceptors (Lipinski definition) is 3. The van der Waals surface area contributed by atoms with Crippen molar-refractivity contribution in [2.75, 3.05) is 26.3 Å². The van der Waals surface area contributed by atoms with Crippen LogP contribution >= 0.6 is 0 Å². The molecule has 0 saturated heterocycles. The van der Waals surface area contributed by atoms with Crippen molar-refractivity contribution < 1.29 is 14.6 Å². The molecule has 0 saturated carbocycles. The summed E-state index contributed by atoms with van der Waals surface area (Å²) in [7, 11) is 0. The highest BCUT2D eigenvalue weighted by atomic mass is 16.5. The normalized spacial score (nSPS) is 10.2. The van der Waals surface area contributed by atoms with Gasteiger partial charge in [0.15, 0.2) is 6.61 Å². The zero-order valence-corrected chi connectivity index (χ0v) is 11.1. The lowest BCUT2D eigenvalue weighted by molar-refractivity contribution is -0.133. The molecule has 0 aliphatic rings. The van der Waals surface area contributed by atoms with Gasteiger partial charge in [0, 0.05) is 13.1 Å². The third kappa shape index (κ3) is 4.75. The predicted molar refractivity (Wildman–Crippen MR) is 70.6 cm³/mol. The van der Waals surface area contributed by atoms with Crippen LogP contribution in [0.1, 0.15) is 18.9 Å². The molecule has 0 radical (unpaired) electrons. The molecule has 18 heavy (non-hydrogen) atoms. The molecule has 0 fully saturated rings. The van der Waals surface area contributed by atoms with Crippen molar-refractivity contribution in [3.63, 3.8) is 0 Å². The van der Waals surface area contributed by atoms with E-state index >= 15 is 0 Å². The standard InChI is InChI=1S/C14H21NO3/c1-3-7-15(8-9-16)14(17)11-18-13-6-4-5-12(2)10-13/h4-6,10,16H,3,7-9,11H2,1-2H3. The van der Waals surface area contributed by atoms with Gasteiger partial charge in [-0.3, -0.25) is 4.79 Å². The van der Waals surface area contributed by atoms with E-state index in [4.69, 9.17) is 9.84 Å². The Hall–Kier alpha value is -1.55. The first kappa shape index (κ1) is 14.5. The molecular weight excluding hydrogens is 230 g/mol. The Morgan fingerprint density at radius 2 is 2.17 bits per heavy atom. The Morgan fingerprint density at radius 1 is 1.39 bits per heavy atom. The van der Waals surface area contributed by atoms with Gasteiger partial charge in [-0.2, -0.15) is 0 Å². The van der Waals surface area contributed by atoms with E-state index in [1.165, 1.54) is 0 Å². The van der Waals surface area contributed by atoms with Gasteiger partial charge in [0.25, 0.3) is 5.91 Å². The van der Waals surface area contributed by atoms with Crippen molar-refractivity contribution in [1.82, 2.24) is 4.90 Å². The number of rotatable bonds is 7. The van der Waals surface area contributed by atoms with Crippen LogP contribution in [-0.4, -0.2) is 42.2 Å². The number of benzene rings is 1. The molecule has 1 aromatic carbocycles. The highest BCUT2D eigenvalue weighted by Crippen LogP contribution is 2.12. The van der Waals surface area contributed by atoms with Gasteiger partial charge in [-0.25, -0.2) is 0 Å². The second-order valence-electron chi connectivity index (χ2n) is 4.21. The largest absolute Gasteiger partial charge is 0.484 e. The molecule has 0 aliphatic heterocycles. The molecule has 1 N–H and O–H groups in total. The zero-order valence-electron chi connectivity index (χ0n) is 11.1. The van der Waals surface area contributed by atoms with Gasteiger partial charge in [-0.1, -0.05) is 19.1 Å². The summed E-state index contributed by atoms with van der Waals surface area (Å²) in [5.74, 6) is 0.608.